The third-order valence-electron chi connectivity index (χ3n) is 2.65. The lowest BCUT2D eigenvalue weighted by Gasteiger charge is -2.00. The number of hydrogen-bond donors (Lipinski definition) is 1. The van der Waals surface area contributed by atoms with Crippen molar-refractivity contribution in [3.05, 3.63) is 46.9 Å². The molecule has 5 nitrogen and oxygen atoms in total. The second-order valence-electron chi connectivity index (χ2n) is 3.78. The van der Waals surface area contributed by atoms with Crippen LogP contribution in [0, 0.1) is 0 Å². The molecule has 0 bridgehead atoms. The van der Waals surface area contributed by atoms with Crippen molar-refractivity contribution >= 4 is 11.0 Å². The van der Waals surface area contributed by atoms with E-state index in [9.17, 15) is 4.79 Å². The molecule has 17 heavy (non-hydrogen) atoms. The van der Waals surface area contributed by atoms with Gasteiger partial charge in [-0.25, -0.2) is 4.98 Å². The van der Waals surface area contributed by atoms with Gasteiger partial charge >= 0.3 is 0 Å². The lowest BCUT2D eigenvalue weighted by molar-refractivity contribution is 0.792. The Bertz CT molecular complexity index is 727. The number of H-pyrrole nitrogens is 1. The molecule has 0 aliphatic rings. The fraction of sp³-hybridized carbons (Fsp3) is 0.0833. The Morgan fingerprint density at radius 1 is 1.24 bits per heavy atom. The van der Waals surface area contributed by atoms with Crippen LogP contribution >= 0.6 is 0 Å². The molecule has 1 N–H and O–H groups in total. The van der Waals surface area contributed by atoms with E-state index < -0.39 is 0 Å². The summed E-state index contributed by atoms with van der Waals surface area (Å²) in [7, 11) is 1.72. The fourth-order valence-electron chi connectivity index (χ4n) is 1.82. The van der Waals surface area contributed by atoms with Gasteiger partial charge in [0.2, 0.25) is 0 Å². The average Bonchev–Trinajstić information content (AvgIpc) is 2.73. The van der Waals surface area contributed by atoms with E-state index in [0.717, 1.165) is 5.56 Å². The second kappa shape index (κ2) is 3.55. The number of fused-ring (bicyclic) bond motifs is 1. The molecule has 0 unspecified atom stereocenters. The van der Waals surface area contributed by atoms with Gasteiger partial charge in [0, 0.05) is 12.6 Å². The first-order chi connectivity index (χ1) is 8.25. The Balaban J connectivity index is 2.30. The zero-order valence-corrected chi connectivity index (χ0v) is 9.21. The second-order valence-corrected chi connectivity index (χ2v) is 3.78. The van der Waals surface area contributed by atoms with Crippen molar-refractivity contribution in [2.45, 2.75) is 0 Å². The maximum Gasteiger partial charge on any atom is 0.277 e. The van der Waals surface area contributed by atoms with E-state index >= 15 is 0 Å². The van der Waals surface area contributed by atoms with Crippen LogP contribution in [0.15, 0.2) is 41.3 Å². The monoisotopic (exact) mass is 226 g/mol. The topological polar surface area (TPSA) is 63.6 Å². The Kier molecular flexibility index (Phi) is 2.04. The van der Waals surface area contributed by atoms with Crippen molar-refractivity contribution in [3.63, 3.8) is 0 Å². The zero-order chi connectivity index (χ0) is 11.8. The third-order valence-corrected chi connectivity index (χ3v) is 2.65. The number of hydrogen-bond acceptors (Lipinski definition) is 3. The minimum atomic E-state index is -0.172. The van der Waals surface area contributed by atoms with E-state index in [-0.39, 0.29) is 5.56 Å². The number of nitrogens with zero attached hydrogens (tertiary/aromatic N) is 3. The van der Waals surface area contributed by atoms with Crippen LogP contribution in [0.2, 0.25) is 0 Å². The molecule has 0 aliphatic heterocycles. The number of rotatable bonds is 1. The molecule has 0 fully saturated rings. The molecular weight excluding hydrogens is 216 g/mol. The maximum atomic E-state index is 11.9. The zero-order valence-electron chi connectivity index (χ0n) is 9.21. The van der Waals surface area contributed by atoms with Gasteiger partial charge in [-0.15, -0.1) is 0 Å². The predicted octanol–water partition coefficient (Wildman–Crippen LogP) is 1.32. The smallest absolute Gasteiger partial charge is 0.277 e. The van der Waals surface area contributed by atoms with Crippen LogP contribution in [0.5, 0.6) is 0 Å². The highest BCUT2D eigenvalue weighted by Gasteiger charge is 2.08. The molecule has 0 atom stereocenters. The van der Waals surface area contributed by atoms with E-state index in [1.165, 1.54) is 4.68 Å². The lowest BCUT2D eigenvalue weighted by atomic mass is 10.2. The highest BCUT2D eigenvalue weighted by atomic mass is 16.1. The Hall–Kier alpha value is -2.43. The van der Waals surface area contributed by atoms with Crippen LogP contribution in [0.3, 0.4) is 0 Å². The van der Waals surface area contributed by atoms with Gasteiger partial charge < -0.3 is 4.98 Å². The summed E-state index contributed by atoms with van der Waals surface area (Å²) in [5, 5.41) is 4.03. The van der Waals surface area contributed by atoms with Gasteiger partial charge in [-0.1, -0.05) is 30.3 Å². The minimum Gasteiger partial charge on any atom is -0.305 e. The molecule has 1 aromatic carbocycles. The number of nitrogens with one attached hydrogen (secondary N) is 1. The number of aromatic amines is 1. The van der Waals surface area contributed by atoms with Crippen molar-refractivity contribution in [1.29, 1.82) is 0 Å². The first kappa shape index (κ1) is 9.77. The van der Waals surface area contributed by atoms with Crippen molar-refractivity contribution in [1.82, 2.24) is 19.7 Å². The van der Waals surface area contributed by atoms with Gasteiger partial charge in [0.1, 0.15) is 11.3 Å². The molecule has 0 amide bonds. The Morgan fingerprint density at radius 2 is 2.00 bits per heavy atom. The highest BCUT2D eigenvalue weighted by Crippen LogP contribution is 2.14. The van der Waals surface area contributed by atoms with Crippen molar-refractivity contribution < 1.29 is 0 Å². The molecule has 84 valence electrons. The van der Waals surface area contributed by atoms with E-state index in [1.807, 2.05) is 30.3 Å². The number of aromatic nitrogens is 4. The number of aryl methyl sites for hydroxylation is 1. The van der Waals surface area contributed by atoms with Gasteiger partial charge in [0.15, 0.2) is 5.52 Å². The Morgan fingerprint density at radius 3 is 2.76 bits per heavy atom. The van der Waals surface area contributed by atoms with Gasteiger partial charge in [-0.2, -0.15) is 5.10 Å². The van der Waals surface area contributed by atoms with Crippen molar-refractivity contribution in [2.24, 2.45) is 7.05 Å². The standard InChI is InChI=1S/C12H10N4O/c1-16-10-9(7-13-16)14-11(15-12(10)17)8-5-3-2-4-6-8/h2-7H,1H3,(H,14,15,17). The van der Waals surface area contributed by atoms with E-state index in [2.05, 4.69) is 15.1 Å². The first-order valence-electron chi connectivity index (χ1n) is 5.23. The van der Waals surface area contributed by atoms with Crippen LogP contribution in [0.25, 0.3) is 22.4 Å². The molecular formula is C12H10N4O. The van der Waals surface area contributed by atoms with E-state index in [1.54, 1.807) is 13.2 Å². The molecule has 0 saturated carbocycles. The highest BCUT2D eigenvalue weighted by molar-refractivity contribution is 5.75. The van der Waals surface area contributed by atoms with Crippen molar-refractivity contribution in [3.8, 4) is 11.4 Å². The largest absolute Gasteiger partial charge is 0.305 e. The summed E-state index contributed by atoms with van der Waals surface area (Å²) in [5.41, 5.74) is 1.81. The van der Waals surface area contributed by atoms with Gasteiger partial charge in [0.05, 0.1) is 6.20 Å². The molecule has 0 aliphatic carbocycles. The third kappa shape index (κ3) is 1.52. The van der Waals surface area contributed by atoms with E-state index in [0.29, 0.717) is 16.9 Å². The quantitative estimate of drug-likeness (QED) is 0.680. The summed E-state index contributed by atoms with van der Waals surface area (Å²) in [6.07, 6.45) is 1.59. The predicted molar refractivity (Wildman–Crippen MR) is 64.6 cm³/mol. The summed E-state index contributed by atoms with van der Waals surface area (Å²) >= 11 is 0. The Labute approximate surface area is 96.7 Å². The molecule has 5 heteroatoms. The van der Waals surface area contributed by atoms with Crippen LogP contribution in [-0.2, 0) is 7.05 Å². The van der Waals surface area contributed by atoms with E-state index in [4.69, 9.17) is 0 Å². The average molecular weight is 226 g/mol. The van der Waals surface area contributed by atoms with Gasteiger partial charge in [0.25, 0.3) is 5.56 Å². The summed E-state index contributed by atoms with van der Waals surface area (Å²) < 4.78 is 1.52. The SMILES string of the molecule is Cn1ncc2nc(-c3ccccc3)[nH]c(=O)c21. The summed E-state index contributed by atoms with van der Waals surface area (Å²) in [6, 6.07) is 9.54. The molecule has 2 aromatic heterocycles. The van der Waals surface area contributed by atoms with Crippen LogP contribution in [-0.4, -0.2) is 19.7 Å². The molecule has 2 heterocycles. The summed E-state index contributed by atoms with van der Waals surface area (Å²) in [4.78, 5) is 19.1. The molecule has 3 aromatic rings. The van der Waals surface area contributed by atoms with Gasteiger partial charge in [-0.3, -0.25) is 9.48 Å². The first-order valence-corrected chi connectivity index (χ1v) is 5.23. The molecule has 0 radical (unpaired) electrons. The minimum absolute atomic E-state index is 0.172. The van der Waals surface area contributed by atoms with Crippen molar-refractivity contribution in [2.75, 3.05) is 0 Å². The molecule has 0 spiro atoms. The van der Waals surface area contributed by atoms with Crippen LogP contribution < -0.4 is 5.56 Å². The maximum absolute atomic E-state index is 11.9. The van der Waals surface area contributed by atoms with Crippen LogP contribution in [0.4, 0.5) is 0 Å². The van der Waals surface area contributed by atoms with Gasteiger partial charge in [-0.05, 0) is 0 Å². The fourth-order valence-corrected chi connectivity index (χ4v) is 1.82. The number of benzene rings is 1. The van der Waals surface area contributed by atoms with Crippen LogP contribution in [0.1, 0.15) is 0 Å². The lowest BCUT2D eigenvalue weighted by Crippen LogP contribution is -2.12. The summed E-state index contributed by atoms with van der Waals surface area (Å²) in [6.45, 7) is 0. The molecule has 3 rings (SSSR count). The normalized spacial score (nSPS) is 10.9. The molecule has 0 saturated heterocycles. The summed E-state index contributed by atoms with van der Waals surface area (Å²) in [5.74, 6) is 0.566.